The van der Waals surface area contributed by atoms with E-state index in [0.717, 1.165) is 11.1 Å². The average molecular weight is 324 g/mol. The molecule has 1 aromatic carbocycles. The van der Waals surface area contributed by atoms with Crippen molar-refractivity contribution in [1.29, 1.82) is 10.5 Å². The molecule has 3 atom stereocenters. The summed E-state index contributed by atoms with van der Waals surface area (Å²) in [5.74, 6) is -1.86. The van der Waals surface area contributed by atoms with Crippen molar-refractivity contribution in [3.05, 3.63) is 35.4 Å². The van der Waals surface area contributed by atoms with Crippen LogP contribution in [0.15, 0.2) is 29.3 Å². The van der Waals surface area contributed by atoms with Crippen molar-refractivity contribution >= 4 is 5.84 Å². The van der Waals surface area contributed by atoms with Gasteiger partial charge in [-0.15, -0.1) is 0 Å². The highest BCUT2D eigenvalue weighted by molar-refractivity contribution is 6.00. The number of nitriles is 2. The normalized spacial score (nSPS) is 32.4. The molecule has 0 unspecified atom stereocenters. The van der Waals surface area contributed by atoms with Gasteiger partial charge in [0.25, 0.3) is 5.91 Å². The second-order valence-corrected chi connectivity index (χ2v) is 6.07. The van der Waals surface area contributed by atoms with Crippen molar-refractivity contribution in [3.63, 3.8) is 0 Å². The lowest BCUT2D eigenvalue weighted by Crippen LogP contribution is -2.43. The first-order chi connectivity index (χ1) is 11.5. The molecular formula is C18H20N4O2. The Morgan fingerprint density at radius 3 is 2.29 bits per heavy atom. The Morgan fingerprint density at radius 1 is 1.17 bits per heavy atom. The van der Waals surface area contributed by atoms with E-state index in [4.69, 9.17) is 15.2 Å². The van der Waals surface area contributed by atoms with E-state index >= 15 is 0 Å². The third kappa shape index (κ3) is 1.57. The minimum atomic E-state index is -1.54. The standard InChI is InChI=1S/C18H20N4O2/c1-4-23-18(24-5-2)17(11-20)14(13-9-7-6-8-12(13)3)16(17,10-19)15(21)22-18/h6-9,14H,4-5H2,1-3H3,(H2,21,22)/t14-,16+,17-/m1/s1. The number of aryl methyl sites for hydroxylation is 1. The molecule has 1 aromatic rings. The molecule has 24 heavy (non-hydrogen) atoms. The van der Waals surface area contributed by atoms with Gasteiger partial charge < -0.3 is 15.2 Å². The molecule has 0 radical (unpaired) electrons. The summed E-state index contributed by atoms with van der Waals surface area (Å²) >= 11 is 0. The average Bonchev–Trinajstić information content (AvgIpc) is 3.14. The summed E-state index contributed by atoms with van der Waals surface area (Å²) in [6.07, 6.45) is 0. The van der Waals surface area contributed by atoms with Gasteiger partial charge in [0.15, 0.2) is 5.41 Å². The van der Waals surface area contributed by atoms with Crippen LogP contribution in [0.2, 0.25) is 0 Å². The van der Waals surface area contributed by atoms with E-state index < -0.39 is 22.7 Å². The van der Waals surface area contributed by atoms with Crippen LogP contribution in [0.5, 0.6) is 0 Å². The van der Waals surface area contributed by atoms with Gasteiger partial charge in [0, 0.05) is 19.1 Å². The first-order valence-electron chi connectivity index (χ1n) is 8.03. The van der Waals surface area contributed by atoms with Gasteiger partial charge in [-0.25, -0.2) is 4.99 Å². The van der Waals surface area contributed by atoms with Gasteiger partial charge in [-0.3, -0.25) is 0 Å². The molecule has 0 spiro atoms. The molecule has 1 saturated carbocycles. The molecule has 0 aromatic heterocycles. The van der Waals surface area contributed by atoms with Crippen molar-refractivity contribution < 1.29 is 9.47 Å². The molecule has 2 aliphatic rings. The number of nitrogens with zero attached hydrogens (tertiary/aromatic N) is 3. The van der Waals surface area contributed by atoms with Crippen LogP contribution >= 0.6 is 0 Å². The fourth-order valence-electron chi connectivity index (χ4n) is 4.13. The fraction of sp³-hybridized carbons (Fsp3) is 0.500. The van der Waals surface area contributed by atoms with E-state index in [9.17, 15) is 10.5 Å². The summed E-state index contributed by atoms with van der Waals surface area (Å²) in [7, 11) is 0. The Labute approximate surface area is 141 Å². The van der Waals surface area contributed by atoms with Crippen LogP contribution in [-0.2, 0) is 9.47 Å². The van der Waals surface area contributed by atoms with Gasteiger partial charge in [-0.05, 0) is 31.9 Å². The third-order valence-corrected chi connectivity index (χ3v) is 5.11. The third-order valence-electron chi connectivity index (χ3n) is 5.11. The number of rotatable bonds is 5. The molecule has 3 rings (SSSR count). The monoisotopic (exact) mass is 324 g/mol. The largest absolute Gasteiger partial charge is 0.386 e. The first-order valence-corrected chi connectivity index (χ1v) is 8.03. The predicted octanol–water partition coefficient (Wildman–Crippen LogP) is 2.21. The minimum Gasteiger partial charge on any atom is -0.386 e. The van der Waals surface area contributed by atoms with Crippen LogP contribution in [0.1, 0.15) is 30.9 Å². The van der Waals surface area contributed by atoms with Crippen LogP contribution in [-0.4, -0.2) is 25.0 Å². The number of nitrogens with two attached hydrogens (primary N) is 1. The Hall–Kier alpha value is -2.41. The summed E-state index contributed by atoms with van der Waals surface area (Å²) in [6.45, 7) is 6.14. The Morgan fingerprint density at radius 2 is 1.79 bits per heavy atom. The topological polar surface area (TPSA) is 104 Å². The van der Waals surface area contributed by atoms with E-state index in [1.807, 2.05) is 31.2 Å². The number of hydrogen-bond donors (Lipinski definition) is 1. The first kappa shape index (κ1) is 16.4. The number of benzene rings is 1. The summed E-state index contributed by atoms with van der Waals surface area (Å²) in [6, 6.07) is 12.3. The predicted molar refractivity (Wildman–Crippen MR) is 87.6 cm³/mol. The van der Waals surface area contributed by atoms with Crippen molar-refractivity contribution in [2.75, 3.05) is 13.2 Å². The van der Waals surface area contributed by atoms with Gasteiger partial charge >= 0.3 is 0 Å². The summed E-state index contributed by atoms with van der Waals surface area (Å²) in [5.41, 5.74) is 5.55. The number of fused-ring (bicyclic) bond motifs is 1. The van der Waals surface area contributed by atoms with E-state index in [1.165, 1.54) is 0 Å². The molecule has 6 heteroatoms. The quantitative estimate of drug-likeness (QED) is 0.836. The Bertz CT molecular complexity index is 785. The fourth-order valence-corrected chi connectivity index (χ4v) is 4.13. The maximum Gasteiger partial charge on any atom is 0.293 e. The molecule has 124 valence electrons. The number of hydrogen-bond acceptors (Lipinski definition) is 6. The zero-order valence-electron chi connectivity index (χ0n) is 14.0. The zero-order valence-corrected chi connectivity index (χ0v) is 14.0. The summed E-state index contributed by atoms with van der Waals surface area (Å²) in [5, 5.41) is 20.1. The van der Waals surface area contributed by atoms with Crippen LogP contribution in [0.3, 0.4) is 0 Å². The molecule has 2 N–H and O–H groups in total. The molecule has 6 nitrogen and oxygen atoms in total. The highest BCUT2D eigenvalue weighted by atomic mass is 16.7. The van der Waals surface area contributed by atoms with Gasteiger partial charge in [-0.1, -0.05) is 24.3 Å². The van der Waals surface area contributed by atoms with Crippen LogP contribution < -0.4 is 5.73 Å². The van der Waals surface area contributed by atoms with E-state index in [1.54, 1.807) is 13.8 Å². The number of ether oxygens (including phenoxy) is 2. The molecule has 1 aliphatic heterocycles. The molecule has 0 saturated heterocycles. The van der Waals surface area contributed by atoms with E-state index in [2.05, 4.69) is 17.1 Å². The molecule has 1 fully saturated rings. The lowest BCUT2D eigenvalue weighted by molar-refractivity contribution is -0.255. The van der Waals surface area contributed by atoms with Gasteiger partial charge in [0.1, 0.15) is 11.3 Å². The lowest BCUT2D eigenvalue weighted by atomic mass is 9.93. The molecule has 0 bridgehead atoms. The van der Waals surface area contributed by atoms with Crippen molar-refractivity contribution in [2.24, 2.45) is 21.6 Å². The second-order valence-electron chi connectivity index (χ2n) is 6.07. The van der Waals surface area contributed by atoms with Gasteiger partial charge in [0.2, 0.25) is 0 Å². The smallest absolute Gasteiger partial charge is 0.293 e. The highest BCUT2D eigenvalue weighted by Crippen LogP contribution is 2.82. The number of amidine groups is 1. The summed E-state index contributed by atoms with van der Waals surface area (Å²) < 4.78 is 11.6. The van der Waals surface area contributed by atoms with Crippen LogP contribution in [0, 0.1) is 40.4 Å². The Balaban J connectivity index is 2.25. The maximum atomic E-state index is 10.1. The molecule has 1 aliphatic carbocycles. The number of aliphatic imine (C=N–C) groups is 1. The van der Waals surface area contributed by atoms with Crippen LogP contribution in [0.25, 0.3) is 0 Å². The van der Waals surface area contributed by atoms with E-state index in [0.29, 0.717) is 13.2 Å². The molecule has 0 amide bonds. The minimum absolute atomic E-state index is 0.113. The zero-order chi connectivity index (χ0) is 17.6. The van der Waals surface area contributed by atoms with Crippen molar-refractivity contribution in [3.8, 4) is 12.1 Å². The summed E-state index contributed by atoms with van der Waals surface area (Å²) in [4.78, 5) is 4.33. The SMILES string of the molecule is CCOC1(OCC)N=C(N)[C@]2(C#N)[C@@H](c3ccccc3C)[C@@]12C#N. The van der Waals surface area contributed by atoms with Crippen LogP contribution in [0.4, 0.5) is 0 Å². The van der Waals surface area contributed by atoms with Gasteiger partial charge in [0.05, 0.1) is 12.1 Å². The molecule has 1 heterocycles. The maximum absolute atomic E-state index is 10.1. The second kappa shape index (κ2) is 5.31. The van der Waals surface area contributed by atoms with Crippen molar-refractivity contribution in [2.45, 2.75) is 32.6 Å². The van der Waals surface area contributed by atoms with Gasteiger partial charge in [-0.2, -0.15) is 10.5 Å². The highest BCUT2D eigenvalue weighted by Gasteiger charge is 2.93. The van der Waals surface area contributed by atoms with E-state index in [-0.39, 0.29) is 5.84 Å². The lowest BCUT2D eigenvalue weighted by Gasteiger charge is -2.31. The molecular weight excluding hydrogens is 304 g/mol. The van der Waals surface area contributed by atoms with Crippen molar-refractivity contribution in [1.82, 2.24) is 0 Å². The Kier molecular flexibility index (Phi) is 3.64.